The van der Waals surface area contributed by atoms with Gasteiger partial charge in [-0.15, -0.1) is 11.6 Å². The molecule has 0 radical (unpaired) electrons. The van der Waals surface area contributed by atoms with Gasteiger partial charge in [-0.25, -0.2) is 0 Å². The summed E-state index contributed by atoms with van der Waals surface area (Å²) in [7, 11) is 0. The van der Waals surface area contributed by atoms with E-state index in [-0.39, 0.29) is 11.8 Å². The molecule has 202 valence electrons. The van der Waals surface area contributed by atoms with Gasteiger partial charge in [0.25, 0.3) is 0 Å². The van der Waals surface area contributed by atoms with Crippen molar-refractivity contribution in [2.45, 2.75) is 49.7 Å². The number of piperidine rings is 1. The van der Waals surface area contributed by atoms with Gasteiger partial charge in [0.2, 0.25) is 0 Å². The van der Waals surface area contributed by atoms with E-state index in [0.717, 1.165) is 55.6 Å². The Hall–Kier alpha value is -2.70. The average Bonchev–Trinajstić information content (AvgIpc) is 2.97. The predicted octanol–water partition coefficient (Wildman–Crippen LogP) is 5.73. The molecule has 1 aliphatic heterocycles. The predicted molar refractivity (Wildman–Crippen MR) is 151 cm³/mol. The number of carboxylic acids is 1. The number of hydrogen-bond donors (Lipinski definition) is 3. The van der Waals surface area contributed by atoms with Crippen LogP contribution >= 0.6 is 11.6 Å². The van der Waals surface area contributed by atoms with E-state index in [4.69, 9.17) is 11.6 Å². The fraction of sp³-hybridized carbons (Fsp3) is 0.406. The van der Waals surface area contributed by atoms with Gasteiger partial charge >= 0.3 is 5.97 Å². The highest BCUT2D eigenvalue weighted by Crippen LogP contribution is 2.42. The number of aliphatic hydroxyl groups excluding tert-OH is 1. The Morgan fingerprint density at radius 1 is 0.921 bits per heavy atom. The summed E-state index contributed by atoms with van der Waals surface area (Å²) in [6, 6.07) is 27.1. The fourth-order valence-corrected chi connectivity index (χ4v) is 5.87. The molecule has 1 heterocycles. The van der Waals surface area contributed by atoms with Gasteiger partial charge < -0.3 is 20.2 Å². The third-order valence-corrected chi connectivity index (χ3v) is 8.76. The molecule has 0 aliphatic carbocycles. The van der Waals surface area contributed by atoms with E-state index in [9.17, 15) is 20.1 Å². The Kier molecular flexibility index (Phi) is 9.27. The van der Waals surface area contributed by atoms with Crippen LogP contribution in [0.5, 0.6) is 0 Å². The summed E-state index contributed by atoms with van der Waals surface area (Å²) in [6.07, 6.45) is 2.67. The van der Waals surface area contributed by atoms with Crippen molar-refractivity contribution >= 4 is 17.6 Å². The Balaban J connectivity index is 1.31. The molecular weight excluding hydrogens is 498 g/mol. The highest BCUT2D eigenvalue weighted by molar-refractivity contribution is 6.20. The van der Waals surface area contributed by atoms with Gasteiger partial charge in [-0.05, 0) is 80.4 Å². The van der Waals surface area contributed by atoms with E-state index >= 15 is 0 Å². The number of carbonyl (C=O) groups is 1. The number of benzene rings is 3. The van der Waals surface area contributed by atoms with Crippen LogP contribution in [0.15, 0.2) is 84.9 Å². The minimum atomic E-state index is -1.15. The number of aliphatic carboxylic acids is 1. The van der Waals surface area contributed by atoms with Crippen molar-refractivity contribution in [2.75, 3.05) is 25.5 Å². The van der Waals surface area contributed by atoms with Crippen molar-refractivity contribution < 1.29 is 20.1 Å². The highest BCUT2D eigenvalue weighted by Gasteiger charge is 2.41. The third-order valence-electron chi connectivity index (χ3n) is 8.23. The van der Waals surface area contributed by atoms with Gasteiger partial charge in [-0.3, -0.25) is 4.79 Å². The summed E-state index contributed by atoms with van der Waals surface area (Å²) in [6.45, 7) is 4.31. The minimum absolute atomic E-state index is 0.0188. The number of rotatable bonds is 11. The van der Waals surface area contributed by atoms with Crippen LogP contribution in [0, 0.1) is 5.92 Å². The van der Waals surface area contributed by atoms with Crippen molar-refractivity contribution in [1.82, 2.24) is 4.90 Å². The maximum Gasteiger partial charge on any atom is 0.315 e. The zero-order valence-electron chi connectivity index (χ0n) is 22.0. The topological polar surface area (TPSA) is 81.0 Å². The molecule has 3 aromatic rings. The fourth-order valence-electron chi connectivity index (χ4n) is 5.60. The molecule has 3 N–H and O–H groups in total. The summed E-state index contributed by atoms with van der Waals surface area (Å²) < 4.78 is 0. The monoisotopic (exact) mass is 535 g/mol. The maximum atomic E-state index is 12.1. The van der Waals surface area contributed by atoms with Gasteiger partial charge in [0.15, 0.2) is 0 Å². The number of nitrogens with zero attached hydrogens (tertiary/aromatic N) is 1. The molecule has 1 aliphatic rings. The molecule has 4 rings (SSSR count). The molecule has 1 fully saturated rings. The maximum absolute atomic E-state index is 12.1. The molecule has 6 heteroatoms. The van der Waals surface area contributed by atoms with Crippen molar-refractivity contribution in [2.24, 2.45) is 5.92 Å². The Morgan fingerprint density at radius 3 is 1.92 bits per heavy atom. The van der Waals surface area contributed by atoms with Crippen LogP contribution in [0.2, 0.25) is 0 Å². The summed E-state index contributed by atoms with van der Waals surface area (Å²) in [5.41, 5.74) is 1.12. The van der Waals surface area contributed by atoms with E-state index in [1.807, 2.05) is 60.7 Å². The second kappa shape index (κ2) is 12.4. The molecule has 0 spiro atoms. The second-order valence-corrected chi connectivity index (χ2v) is 10.9. The standard InChI is InChI=1S/C32H38ClNO4/c1-31(23-33,30(36)37)25-16-14-24(15-17-25)29(35)13-8-20-34-21-18-28(19-22-34)32(38,26-9-4-2-5-10-26)27-11-6-3-7-12-27/h2-7,9-12,14-17,28-29,35,38H,8,13,18-23H2,1H3,(H,36,37). The quantitative estimate of drug-likeness (QED) is 0.273. The molecule has 0 aromatic heterocycles. The van der Waals surface area contributed by atoms with Crippen molar-refractivity contribution in [3.63, 3.8) is 0 Å². The van der Waals surface area contributed by atoms with Gasteiger partial charge in [-0.1, -0.05) is 84.9 Å². The average molecular weight is 536 g/mol. The summed E-state index contributed by atoms with van der Waals surface area (Å²) >= 11 is 5.93. The molecule has 1 saturated heterocycles. The minimum Gasteiger partial charge on any atom is -0.481 e. The first-order chi connectivity index (χ1) is 18.3. The van der Waals surface area contributed by atoms with Crippen LogP contribution < -0.4 is 0 Å². The molecule has 38 heavy (non-hydrogen) atoms. The lowest BCUT2D eigenvalue weighted by Crippen LogP contribution is -2.44. The molecule has 5 nitrogen and oxygen atoms in total. The molecule has 0 amide bonds. The largest absolute Gasteiger partial charge is 0.481 e. The molecule has 2 unspecified atom stereocenters. The molecule has 0 saturated carbocycles. The number of alkyl halides is 1. The second-order valence-electron chi connectivity index (χ2n) is 10.7. The van der Waals surface area contributed by atoms with E-state index < -0.39 is 23.1 Å². The van der Waals surface area contributed by atoms with Gasteiger partial charge in [0.1, 0.15) is 11.0 Å². The number of aliphatic hydroxyl groups is 2. The number of likely N-dealkylation sites (tertiary alicyclic amines) is 1. The first kappa shape index (κ1) is 28.3. The van der Waals surface area contributed by atoms with E-state index in [1.54, 1.807) is 31.2 Å². The number of halogens is 1. The number of hydrogen-bond acceptors (Lipinski definition) is 4. The van der Waals surface area contributed by atoms with E-state index in [0.29, 0.717) is 12.0 Å². The normalized spacial score (nSPS) is 17.6. The van der Waals surface area contributed by atoms with Crippen LogP contribution in [0.1, 0.15) is 61.0 Å². The lowest BCUT2D eigenvalue weighted by molar-refractivity contribution is -0.142. The number of carboxylic acid groups (broad SMARTS) is 1. The SMILES string of the molecule is CC(CCl)(C(=O)O)c1ccc(C(O)CCCN2CCC(C(O)(c3ccccc3)c3ccccc3)CC2)cc1. The smallest absolute Gasteiger partial charge is 0.315 e. The molecular formula is C32H38ClNO4. The first-order valence-corrected chi connectivity index (χ1v) is 14.0. The van der Waals surface area contributed by atoms with Crippen LogP contribution in [-0.4, -0.2) is 51.7 Å². The zero-order valence-corrected chi connectivity index (χ0v) is 22.7. The van der Waals surface area contributed by atoms with Crippen LogP contribution in [0.4, 0.5) is 0 Å². The lowest BCUT2D eigenvalue weighted by atomic mass is 9.72. The molecule has 0 bridgehead atoms. The lowest BCUT2D eigenvalue weighted by Gasteiger charge is -2.42. The summed E-state index contributed by atoms with van der Waals surface area (Å²) in [4.78, 5) is 14.0. The van der Waals surface area contributed by atoms with Crippen LogP contribution in [-0.2, 0) is 15.8 Å². The van der Waals surface area contributed by atoms with Crippen LogP contribution in [0.25, 0.3) is 0 Å². The van der Waals surface area contributed by atoms with Gasteiger partial charge in [-0.2, -0.15) is 0 Å². The zero-order chi connectivity index (χ0) is 27.2. The highest BCUT2D eigenvalue weighted by atomic mass is 35.5. The molecule has 3 aromatic carbocycles. The van der Waals surface area contributed by atoms with Gasteiger partial charge in [0, 0.05) is 5.88 Å². The van der Waals surface area contributed by atoms with Crippen molar-refractivity contribution in [3.8, 4) is 0 Å². The van der Waals surface area contributed by atoms with Crippen LogP contribution in [0.3, 0.4) is 0 Å². The van der Waals surface area contributed by atoms with E-state index in [1.165, 1.54) is 0 Å². The Labute approximate surface area is 230 Å². The Bertz CT molecular complexity index is 1120. The van der Waals surface area contributed by atoms with Gasteiger partial charge in [0.05, 0.1) is 6.10 Å². The first-order valence-electron chi connectivity index (χ1n) is 13.4. The summed E-state index contributed by atoms with van der Waals surface area (Å²) in [5, 5.41) is 32.3. The Morgan fingerprint density at radius 2 is 1.45 bits per heavy atom. The summed E-state index contributed by atoms with van der Waals surface area (Å²) in [5.74, 6) is -0.859. The van der Waals surface area contributed by atoms with E-state index in [2.05, 4.69) is 4.90 Å². The molecule has 2 atom stereocenters. The van der Waals surface area contributed by atoms with Crippen molar-refractivity contribution in [3.05, 3.63) is 107 Å². The third kappa shape index (κ3) is 5.97. The van der Waals surface area contributed by atoms with Crippen molar-refractivity contribution in [1.29, 1.82) is 0 Å².